The third-order valence-corrected chi connectivity index (χ3v) is 7.97. The molecule has 39 heavy (non-hydrogen) atoms. The number of likely N-dealkylation sites (tertiary alicyclic amines) is 1. The van der Waals surface area contributed by atoms with Crippen LogP contribution in [-0.4, -0.2) is 98.5 Å². The molecule has 0 unspecified atom stereocenters. The van der Waals surface area contributed by atoms with E-state index in [1.54, 1.807) is 18.2 Å². The predicted molar refractivity (Wildman–Crippen MR) is 152 cm³/mol. The molecule has 2 aromatic carbocycles. The number of benzene rings is 2. The summed E-state index contributed by atoms with van der Waals surface area (Å²) in [5, 5.41) is 46.2. The number of fused-ring (bicyclic) bond motifs is 1. The lowest BCUT2D eigenvalue weighted by Crippen LogP contribution is -2.56. The molecule has 4 atom stereocenters. The van der Waals surface area contributed by atoms with Gasteiger partial charge in [-0.15, -0.1) is 0 Å². The Morgan fingerprint density at radius 3 is 2.41 bits per heavy atom. The maximum atomic E-state index is 10.9. The van der Waals surface area contributed by atoms with Gasteiger partial charge in [0.05, 0.1) is 36.9 Å². The number of hydrogen-bond acceptors (Lipinski definition) is 10. The first-order valence-corrected chi connectivity index (χ1v) is 13.6. The summed E-state index contributed by atoms with van der Waals surface area (Å²) in [5.74, 6) is 1.05. The Hall–Kier alpha value is -2.29. The van der Waals surface area contributed by atoms with Crippen molar-refractivity contribution >= 4 is 49.9 Å². The first-order chi connectivity index (χ1) is 18.4. The summed E-state index contributed by atoms with van der Waals surface area (Å²) >= 11 is 9.59. The Bertz CT molecular complexity index is 1230. The van der Waals surface area contributed by atoms with Gasteiger partial charge in [0.1, 0.15) is 24.4 Å². The molecule has 0 amide bonds. The summed E-state index contributed by atoms with van der Waals surface area (Å²) in [7, 11) is 1.47. The first-order valence-electron chi connectivity index (χ1n) is 12.4. The molecule has 1 aliphatic heterocycles. The molecule has 1 aliphatic rings. The molecule has 13 heteroatoms. The fourth-order valence-corrected chi connectivity index (χ4v) is 5.07. The van der Waals surface area contributed by atoms with Gasteiger partial charge in [0.2, 0.25) is 0 Å². The average molecular weight is 630 g/mol. The minimum Gasteiger partial charge on any atom is -0.493 e. The third-order valence-electron chi connectivity index (χ3n) is 6.73. The van der Waals surface area contributed by atoms with Crippen LogP contribution in [0.3, 0.4) is 0 Å². The molecule has 3 aromatic rings. The fourth-order valence-electron chi connectivity index (χ4n) is 4.64. The number of hydrogen-bond donors (Lipinski definition) is 5. The molecule has 4 rings (SSSR count). The zero-order chi connectivity index (χ0) is 27.2. The molecule has 1 aromatic heterocycles. The minimum atomic E-state index is -1.47. The van der Waals surface area contributed by atoms with Crippen LogP contribution in [0.5, 0.6) is 11.5 Å². The number of piperidine rings is 1. The zero-order valence-corrected chi connectivity index (χ0v) is 23.8. The number of ether oxygens (including phenoxy) is 2. The summed E-state index contributed by atoms with van der Waals surface area (Å²) in [5.41, 5.74) is 1.25. The maximum Gasteiger partial charge on any atom is 0.164 e. The van der Waals surface area contributed by atoms with Gasteiger partial charge in [-0.3, -0.25) is 4.90 Å². The monoisotopic (exact) mass is 628 g/mol. The standard InChI is InChI=1S/C26H32BrClN4O6.H2O/c1-37-21-10-16-19(29-14-30-26(16)31-15-5-6-17(27)18(28)9-15)11-22(21)38-23(13-34)25(36)24(35)20(12-33)32-7-3-2-4-8-32;/h5-6,9-11,14,20,23-25,33-36H,2-4,7-8,12-13H2,1H3,(H,29,30,31);1H2/t20-,23-,24+,25+;/m0./s1. The molecule has 0 spiro atoms. The van der Waals surface area contributed by atoms with E-state index in [-0.39, 0.29) is 17.8 Å². The molecule has 1 saturated heterocycles. The topological polar surface area (TPSA) is 172 Å². The fraction of sp³-hybridized carbons (Fsp3) is 0.462. The Kier molecular flexibility index (Phi) is 11.5. The SMILES string of the molecule is COc1cc2c(Nc3ccc(Br)c(Cl)c3)ncnc2cc1O[C@@H](CO)[C@@H](O)[C@H](O)[C@H](CO)N1CCCCC1.O. The van der Waals surface area contributed by atoms with Gasteiger partial charge in [-0.25, -0.2) is 9.97 Å². The van der Waals surface area contributed by atoms with Crippen molar-refractivity contribution in [2.24, 2.45) is 0 Å². The predicted octanol–water partition coefficient (Wildman–Crippen LogP) is 2.28. The Morgan fingerprint density at radius 2 is 1.77 bits per heavy atom. The highest BCUT2D eigenvalue weighted by atomic mass is 79.9. The number of rotatable bonds is 11. The normalized spacial score (nSPS) is 17.1. The lowest BCUT2D eigenvalue weighted by molar-refractivity contribution is -0.105. The van der Waals surface area contributed by atoms with Crippen LogP contribution in [0.1, 0.15) is 19.3 Å². The summed E-state index contributed by atoms with van der Waals surface area (Å²) in [4.78, 5) is 10.6. The van der Waals surface area contributed by atoms with Gasteiger partial charge in [0.25, 0.3) is 0 Å². The van der Waals surface area contributed by atoms with E-state index >= 15 is 0 Å². The second-order valence-corrected chi connectivity index (χ2v) is 10.4. The summed E-state index contributed by atoms with van der Waals surface area (Å²) < 4.78 is 12.3. The molecule has 0 saturated carbocycles. The zero-order valence-electron chi connectivity index (χ0n) is 21.4. The van der Waals surface area contributed by atoms with Crippen LogP contribution in [0.2, 0.25) is 5.02 Å². The van der Waals surface area contributed by atoms with Crippen LogP contribution < -0.4 is 14.8 Å². The smallest absolute Gasteiger partial charge is 0.164 e. The van der Waals surface area contributed by atoms with Crippen molar-refractivity contribution < 1.29 is 35.4 Å². The van der Waals surface area contributed by atoms with Gasteiger partial charge in [-0.2, -0.15) is 0 Å². The van der Waals surface area contributed by atoms with Crippen LogP contribution in [0.15, 0.2) is 41.1 Å². The van der Waals surface area contributed by atoms with Crippen LogP contribution in [0, 0.1) is 0 Å². The van der Waals surface area contributed by atoms with Gasteiger partial charge < -0.3 is 40.7 Å². The van der Waals surface area contributed by atoms with Crippen molar-refractivity contribution in [3.05, 3.63) is 46.2 Å². The number of halogens is 2. The van der Waals surface area contributed by atoms with Gasteiger partial charge in [-0.1, -0.05) is 18.0 Å². The van der Waals surface area contributed by atoms with Crippen LogP contribution in [0.25, 0.3) is 10.9 Å². The van der Waals surface area contributed by atoms with Crippen molar-refractivity contribution in [3.63, 3.8) is 0 Å². The molecule has 1 fully saturated rings. The number of methoxy groups -OCH3 is 1. The van der Waals surface area contributed by atoms with Crippen LogP contribution >= 0.6 is 27.5 Å². The molecule has 0 aliphatic carbocycles. The Balaban J connectivity index is 0.00000420. The average Bonchev–Trinajstić information content (AvgIpc) is 2.94. The van der Waals surface area contributed by atoms with E-state index in [2.05, 4.69) is 31.2 Å². The number of aliphatic hydroxyl groups is 4. The molecule has 0 bridgehead atoms. The van der Waals surface area contributed by atoms with E-state index in [9.17, 15) is 20.4 Å². The van der Waals surface area contributed by atoms with E-state index in [0.717, 1.165) is 42.5 Å². The number of nitrogens with one attached hydrogen (secondary N) is 1. The number of aliphatic hydroxyl groups excluding tert-OH is 4. The molecular formula is C26H34BrClN4O7. The first kappa shape index (κ1) is 31.2. The van der Waals surface area contributed by atoms with Gasteiger partial charge >= 0.3 is 0 Å². The van der Waals surface area contributed by atoms with Crippen LogP contribution in [-0.2, 0) is 0 Å². The summed E-state index contributed by atoms with van der Waals surface area (Å²) in [6, 6.07) is 8.06. The van der Waals surface area contributed by atoms with Crippen molar-refractivity contribution in [2.75, 3.05) is 38.7 Å². The molecule has 0 radical (unpaired) electrons. The number of anilines is 2. The second kappa shape index (κ2) is 14.4. The summed E-state index contributed by atoms with van der Waals surface area (Å²) in [6.07, 6.45) is 0.423. The maximum absolute atomic E-state index is 10.9. The van der Waals surface area contributed by atoms with E-state index in [4.69, 9.17) is 21.1 Å². The van der Waals surface area contributed by atoms with Gasteiger partial charge in [-0.05, 0) is 66.1 Å². The second-order valence-electron chi connectivity index (χ2n) is 9.16. The third kappa shape index (κ3) is 7.27. The lowest BCUT2D eigenvalue weighted by Gasteiger charge is -2.39. The van der Waals surface area contributed by atoms with Gasteiger partial charge in [0.15, 0.2) is 17.6 Å². The minimum absolute atomic E-state index is 0. The van der Waals surface area contributed by atoms with E-state index in [1.807, 2.05) is 17.0 Å². The molecular weight excluding hydrogens is 596 g/mol. The van der Waals surface area contributed by atoms with E-state index in [1.165, 1.54) is 13.4 Å². The highest BCUT2D eigenvalue weighted by Gasteiger charge is 2.37. The highest BCUT2D eigenvalue weighted by molar-refractivity contribution is 9.10. The van der Waals surface area contributed by atoms with Crippen molar-refractivity contribution in [1.29, 1.82) is 0 Å². The Labute approximate surface area is 239 Å². The van der Waals surface area contributed by atoms with Crippen molar-refractivity contribution in [1.82, 2.24) is 14.9 Å². The Morgan fingerprint density at radius 1 is 1.03 bits per heavy atom. The number of nitrogens with zero attached hydrogens (tertiary/aromatic N) is 3. The largest absolute Gasteiger partial charge is 0.493 e. The van der Waals surface area contributed by atoms with E-state index in [0.29, 0.717) is 27.5 Å². The number of aromatic nitrogens is 2. The molecule has 7 N–H and O–H groups in total. The van der Waals surface area contributed by atoms with Crippen molar-refractivity contribution in [2.45, 2.75) is 43.6 Å². The quantitative estimate of drug-likeness (QED) is 0.212. The van der Waals surface area contributed by atoms with E-state index < -0.39 is 31.0 Å². The lowest BCUT2D eigenvalue weighted by atomic mass is 9.98. The van der Waals surface area contributed by atoms with Crippen molar-refractivity contribution in [3.8, 4) is 11.5 Å². The molecule has 214 valence electrons. The summed E-state index contributed by atoms with van der Waals surface area (Å²) in [6.45, 7) is 0.547. The van der Waals surface area contributed by atoms with Crippen LogP contribution in [0.4, 0.5) is 11.5 Å². The highest BCUT2D eigenvalue weighted by Crippen LogP contribution is 2.36. The molecule has 2 heterocycles. The van der Waals surface area contributed by atoms with Gasteiger partial charge in [0, 0.05) is 21.6 Å². The molecule has 11 nitrogen and oxygen atoms in total.